The van der Waals surface area contributed by atoms with Gasteiger partial charge in [-0.05, 0) is 13.0 Å². The SMILES string of the molecule is C[C@H]1CN(C(=O)c2cccc([N+](=O)[O-])c2)CCN1.Cl. The summed E-state index contributed by atoms with van der Waals surface area (Å²) in [6.45, 7) is 4.02. The fourth-order valence-corrected chi connectivity index (χ4v) is 2.05. The zero-order valence-corrected chi connectivity index (χ0v) is 11.4. The highest BCUT2D eigenvalue weighted by Gasteiger charge is 2.22. The molecule has 1 saturated heterocycles. The van der Waals surface area contributed by atoms with Crippen LogP contribution in [0.4, 0.5) is 5.69 Å². The molecule has 6 nitrogen and oxygen atoms in total. The maximum atomic E-state index is 12.2. The topological polar surface area (TPSA) is 75.5 Å². The largest absolute Gasteiger partial charge is 0.336 e. The predicted octanol–water partition coefficient (Wildman–Crippen LogP) is 1.45. The highest BCUT2D eigenvalue weighted by Crippen LogP contribution is 2.15. The number of nitro benzene ring substituents is 1. The van der Waals surface area contributed by atoms with E-state index in [1.807, 2.05) is 6.92 Å². The Hall–Kier alpha value is -1.66. The van der Waals surface area contributed by atoms with Crippen LogP contribution in [0.5, 0.6) is 0 Å². The normalized spacial score (nSPS) is 18.6. The molecule has 1 aliphatic heterocycles. The minimum Gasteiger partial charge on any atom is -0.336 e. The summed E-state index contributed by atoms with van der Waals surface area (Å²) >= 11 is 0. The van der Waals surface area contributed by atoms with Gasteiger partial charge in [-0.1, -0.05) is 6.07 Å². The number of nitro groups is 1. The number of nitrogens with zero attached hydrogens (tertiary/aromatic N) is 2. The minimum atomic E-state index is -0.489. The summed E-state index contributed by atoms with van der Waals surface area (Å²) in [5.41, 5.74) is 0.322. The maximum Gasteiger partial charge on any atom is 0.270 e. The van der Waals surface area contributed by atoms with Crippen LogP contribution in [-0.4, -0.2) is 41.4 Å². The molecule has 0 aromatic heterocycles. The number of hydrogen-bond donors (Lipinski definition) is 1. The molecular formula is C12H16ClN3O3. The number of halogens is 1. The van der Waals surface area contributed by atoms with Gasteiger partial charge in [0.25, 0.3) is 11.6 Å². The molecule has 2 rings (SSSR count). The Morgan fingerprint density at radius 3 is 2.89 bits per heavy atom. The van der Waals surface area contributed by atoms with Gasteiger partial charge in [-0.15, -0.1) is 12.4 Å². The zero-order chi connectivity index (χ0) is 13.1. The average molecular weight is 286 g/mol. The molecule has 0 unspecified atom stereocenters. The predicted molar refractivity (Wildman–Crippen MR) is 73.7 cm³/mol. The smallest absolute Gasteiger partial charge is 0.270 e. The van der Waals surface area contributed by atoms with Gasteiger partial charge in [-0.25, -0.2) is 0 Å². The molecule has 1 heterocycles. The fourth-order valence-electron chi connectivity index (χ4n) is 2.05. The fraction of sp³-hybridized carbons (Fsp3) is 0.417. The van der Waals surface area contributed by atoms with E-state index in [0.29, 0.717) is 18.7 Å². The van der Waals surface area contributed by atoms with E-state index in [1.54, 1.807) is 11.0 Å². The van der Waals surface area contributed by atoms with Crippen molar-refractivity contribution in [2.45, 2.75) is 13.0 Å². The third-order valence-corrected chi connectivity index (χ3v) is 2.96. The molecule has 1 fully saturated rings. The Balaban J connectivity index is 0.00000180. The molecule has 7 heteroatoms. The van der Waals surface area contributed by atoms with Gasteiger partial charge in [0, 0.05) is 43.4 Å². The zero-order valence-electron chi connectivity index (χ0n) is 10.5. The van der Waals surface area contributed by atoms with Gasteiger partial charge in [0.2, 0.25) is 0 Å². The second-order valence-corrected chi connectivity index (χ2v) is 4.41. The second-order valence-electron chi connectivity index (χ2n) is 4.41. The maximum absolute atomic E-state index is 12.2. The standard InChI is InChI=1S/C12H15N3O3.ClH/c1-9-8-14(6-5-13-9)12(16)10-3-2-4-11(7-10)15(17)18;/h2-4,7,9,13H,5-6,8H2,1H3;1H/t9-;/m0./s1. The Morgan fingerprint density at radius 1 is 1.53 bits per heavy atom. The average Bonchev–Trinajstić information content (AvgIpc) is 2.38. The molecule has 1 amide bonds. The molecule has 1 aliphatic rings. The van der Waals surface area contributed by atoms with E-state index in [1.165, 1.54) is 18.2 Å². The second kappa shape index (κ2) is 6.49. The summed E-state index contributed by atoms with van der Waals surface area (Å²) in [4.78, 5) is 24.1. The van der Waals surface area contributed by atoms with Gasteiger partial charge >= 0.3 is 0 Å². The highest BCUT2D eigenvalue weighted by atomic mass is 35.5. The number of carbonyl (C=O) groups excluding carboxylic acids is 1. The van der Waals surface area contributed by atoms with Crippen molar-refractivity contribution >= 4 is 24.0 Å². The van der Waals surface area contributed by atoms with E-state index >= 15 is 0 Å². The van der Waals surface area contributed by atoms with E-state index in [-0.39, 0.29) is 30.0 Å². The van der Waals surface area contributed by atoms with Gasteiger partial charge in [0.05, 0.1) is 4.92 Å². The molecule has 0 saturated carbocycles. The quantitative estimate of drug-likeness (QED) is 0.659. The van der Waals surface area contributed by atoms with E-state index in [2.05, 4.69) is 5.32 Å². The molecule has 19 heavy (non-hydrogen) atoms. The summed E-state index contributed by atoms with van der Waals surface area (Å²) in [5.74, 6) is -0.146. The van der Waals surface area contributed by atoms with E-state index in [9.17, 15) is 14.9 Å². The van der Waals surface area contributed by atoms with Crippen LogP contribution < -0.4 is 5.32 Å². The first-order chi connectivity index (χ1) is 8.58. The first-order valence-corrected chi connectivity index (χ1v) is 5.85. The molecular weight excluding hydrogens is 270 g/mol. The lowest BCUT2D eigenvalue weighted by Crippen LogP contribution is -2.51. The van der Waals surface area contributed by atoms with Crippen LogP contribution in [0.1, 0.15) is 17.3 Å². The van der Waals surface area contributed by atoms with Crippen LogP contribution in [0.2, 0.25) is 0 Å². The summed E-state index contributed by atoms with van der Waals surface area (Å²) < 4.78 is 0. The van der Waals surface area contributed by atoms with Gasteiger partial charge in [-0.3, -0.25) is 14.9 Å². The van der Waals surface area contributed by atoms with Crippen LogP contribution in [0, 0.1) is 10.1 Å². The first-order valence-electron chi connectivity index (χ1n) is 5.85. The molecule has 0 bridgehead atoms. The molecule has 0 radical (unpaired) electrons. The van der Waals surface area contributed by atoms with Crippen molar-refractivity contribution in [1.82, 2.24) is 10.2 Å². The summed E-state index contributed by atoms with van der Waals surface area (Å²) in [6.07, 6.45) is 0. The van der Waals surface area contributed by atoms with Crippen LogP contribution in [0.15, 0.2) is 24.3 Å². The number of nitrogens with one attached hydrogen (secondary N) is 1. The van der Waals surface area contributed by atoms with Crippen molar-refractivity contribution in [2.24, 2.45) is 0 Å². The Labute approximate surface area is 117 Å². The first kappa shape index (κ1) is 15.4. The number of non-ortho nitro benzene ring substituents is 1. The lowest BCUT2D eigenvalue weighted by molar-refractivity contribution is -0.384. The number of hydrogen-bond acceptors (Lipinski definition) is 4. The molecule has 0 spiro atoms. The molecule has 0 aliphatic carbocycles. The van der Waals surface area contributed by atoms with E-state index in [0.717, 1.165) is 6.54 Å². The van der Waals surface area contributed by atoms with Crippen LogP contribution in [-0.2, 0) is 0 Å². The summed E-state index contributed by atoms with van der Waals surface area (Å²) in [7, 11) is 0. The summed E-state index contributed by atoms with van der Waals surface area (Å²) in [5, 5.41) is 13.9. The van der Waals surface area contributed by atoms with Gasteiger partial charge in [0.1, 0.15) is 0 Å². The third kappa shape index (κ3) is 3.65. The number of piperazine rings is 1. The van der Waals surface area contributed by atoms with Crippen LogP contribution in [0.3, 0.4) is 0 Å². The van der Waals surface area contributed by atoms with Crippen molar-refractivity contribution in [1.29, 1.82) is 0 Å². The summed E-state index contributed by atoms with van der Waals surface area (Å²) in [6, 6.07) is 6.12. The number of amides is 1. The van der Waals surface area contributed by atoms with Crippen LogP contribution in [0.25, 0.3) is 0 Å². The van der Waals surface area contributed by atoms with Crippen molar-refractivity contribution in [3.8, 4) is 0 Å². The lowest BCUT2D eigenvalue weighted by atomic mass is 10.1. The van der Waals surface area contributed by atoms with Crippen molar-refractivity contribution in [3.05, 3.63) is 39.9 Å². The number of benzene rings is 1. The molecule has 1 aromatic carbocycles. The number of rotatable bonds is 2. The Kier molecular flexibility index (Phi) is 5.26. The Morgan fingerprint density at radius 2 is 2.26 bits per heavy atom. The Bertz CT molecular complexity index is 481. The third-order valence-electron chi connectivity index (χ3n) is 2.96. The lowest BCUT2D eigenvalue weighted by Gasteiger charge is -2.31. The highest BCUT2D eigenvalue weighted by molar-refractivity contribution is 5.94. The van der Waals surface area contributed by atoms with Crippen molar-refractivity contribution < 1.29 is 9.72 Å². The van der Waals surface area contributed by atoms with Crippen LogP contribution >= 0.6 is 12.4 Å². The van der Waals surface area contributed by atoms with E-state index < -0.39 is 4.92 Å². The van der Waals surface area contributed by atoms with Crippen molar-refractivity contribution in [3.63, 3.8) is 0 Å². The van der Waals surface area contributed by atoms with Gasteiger partial charge in [-0.2, -0.15) is 0 Å². The number of carbonyl (C=O) groups is 1. The minimum absolute atomic E-state index is 0. The monoisotopic (exact) mass is 285 g/mol. The molecule has 1 atom stereocenters. The molecule has 1 aromatic rings. The molecule has 104 valence electrons. The van der Waals surface area contributed by atoms with E-state index in [4.69, 9.17) is 0 Å². The molecule has 1 N–H and O–H groups in total. The van der Waals surface area contributed by atoms with Crippen molar-refractivity contribution in [2.75, 3.05) is 19.6 Å². The van der Waals surface area contributed by atoms with Gasteiger partial charge < -0.3 is 10.2 Å². The van der Waals surface area contributed by atoms with Gasteiger partial charge in [0.15, 0.2) is 0 Å².